The average Bonchev–Trinajstić information content (AvgIpc) is 2.35. The molecule has 1 aromatic carbocycles. The van der Waals surface area contributed by atoms with Gasteiger partial charge in [-0.1, -0.05) is 12.1 Å². The second-order valence-corrected chi connectivity index (χ2v) is 4.29. The van der Waals surface area contributed by atoms with E-state index in [1.807, 2.05) is 32.0 Å². The van der Waals surface area contributed by atoms with Gasteiger partial charge in [-0.25, -0.2) is 0 Å². The van der Waals surface area contributed by atoms with Crippen LogP contribution in [0.2, 0.25) is 0 Å². The van der Waals surface area contributed by atoms with Crippen molar-refractivity contribution in [2.24, 2.45) is 0 Å². The van der Waals surface area contributed by atoms with Crippen molar-refractivity contribution in [3.8, 4) is 0 Å². The summed E-state index contributed by atoms with van der Waals surface area (Å²) in [7, 11) is 1.66. The molecular weight excluding hydrogens is 228 g/mol. The fourth-order valence-corrected chi connectivity index (χ4v) is 1.60. The Balaban J connectivity index is 2.34. The van der Waals surface area contributed by atoms with Crippen molar-refractivity contribution in [1.29, 1.82) is 0 Å². The number of amides is 1. The summed E-state index contributed by atoms with van der Waals surface area (Å²) in [6.45, 7) is 6.16. The summed E-state index contributed by atoms with van der Waals surface area (Å²) in [5.74, 6) is 0.0358. The van der Waals surface area contributed by atoms with Crippen molar-refractivity contribution < 1.29 is 9.53 Å². The molecule has 0 heterocycles. The third-order valence-corrected chi connectivity index (χ3v) is 2.89. The number of rotatable bonds is 7. The second-order valence-electron chi connectivity index (χ2n) is 4.29. The Morgan fingerprint density at radius 2 is 2.06 bits per heavy atom. The lowest BCUT2D eigenvalue weighted by Crippen LogP contribution is -2.24. The predicted octanol–water partition coefficient (Wildman–Crippen LogP) is 1.87. The molecule has 0 aliphatic carbocycles. The van der Waals surface area contributed by atoms with Crippen LogP contribution in [0.3, 0.4) is 0 Å². The van der Waals surface area contributed by atoms with Crippen molar-refractivity contribution in [3.63, 3.8) is 0 Å². The molecule has 100 valence electrons. The zero-order chi connectivity index (χ0) is 13.4. The van der Waals surface area contributed by atoms with E-state index in [9.17, 15) is 4.79 Å². The number of aryl methyl sites for hydroxylation is 1. The van der Waals surface area contributed by atoms with Crippen LogP contribution in [0.4, 0.5) is 5.69 Å². The SMILES string of the molecule is COCCNCCC(=O)Nc1cccc(C)c1C. The lowest BCUT2D eigenvalue weighted by atomic mass is 10.1. The van der Waals surface area contributed by atoms with Gasteiger partial charge in [0, 0.05) is 32.3 Å². The van der Waals surface area contributed by atoms with E-state index >= 15 is 0 Å². The molecule has 2 N–H and O–H groups in total. The topological polar surface area (TPSA) is 50.4 Å². The van der Waals surface area contributed by atoms with Crippen LogP contribution in [0.5, 0.6) is 0 Å². The third-order valence-electron chi connectivity index (χ3n) is 2.89. The van der Waals surface area contributed by atoms with Crippen LogP contribution < -0.4 is 10.6 Å². The summed E-state index contributed by atoms with van der Waals surface area (Å²) in [5, 5.41) is 6.07. The van der Waals surface area contributed by atoms with Gasteiger partial charge >= 0.3 is 0 Å². The molecular formula is C14H22N2O2. The molecule has 4 nitrogen and oxygen atoms in total. The summed E-state index contributed by atoms with van der Waals surface area (Å²) in [6.07, 6.45) is 0.469. The highest BCUT2D eigenvalue weighted by atomic mass is 16.5. The number of carbonyl (C=O) groups is 1. The molecule has 0 aliphatic rings. The van der Waals surface area contributed by atoms with Gasteiger partial charge in [0.05, 0.1) is 6.61 Å². The first kappa shape index (κ1) is 14.7. The predicted molar refractivity (Wildman–Crippen MR) is 73.9 cm³/mol. The second kappa shape index (κ2) is 7.84. The molecule has 0 bridgehead atoms. The molecule has 1 rings (SSSR count). The highest BCUT2D eigenvalue weighted by Gasteiger charge is 2.05. The van der Waals surface area contributed by atoms with E-state index in [0.29, 0.717) is 19.6 Å². The van der Waals surface area contributed by atoms with Gasteiger partial charge in [0.15, 0.2) is 0 Å². The maximum Gasteiger partial charge on any atom is 0.225 e. The Kier molecular flexibility index (Phi) is 6.39. The van der Waals surface area contributed by atoms with Gasteiger partial charge in [0.2, 0.25) is 5.91 Å². The first-order valence-electron chi connectivity index (χ1n) is 6.21. The summed E-state index contributed by atoms with van der Waals surface area (Å²) in [6, 6.07) is 5.92. The monoisotopic (exact) mass is 250 g/mol. The number of anilines is 1. The molecule has 0 aromatic heterocycles. The Bertz CT molecular complexity index is 391. The minimum atomic E-state index is 0.0358. The van der Waals surface area contributed by atoms with Gasteiger partial charge in [-0.3, -0.25) is 4.79 Å². The molecule has 18 heavy (non-hydrogen) atoms. The van der Waals surface area contributed by atoms with Crippen LogP contribution in [0.1, 0.15) is 17.5 Å². The lowest BCUT2D eigenvalue weighted by Gasteiger charge is -2.10. The summed E-state index contributed by atoms with van der Waals surface area (Å²) < 4.78 is 4.91. The zero-order valence-corrected chi connectivity index (χ0v) is 11.4. The molecule has 1 amide bonds. The fraction of sp³-hybridized carbons (Fsp3) is 0.500. The molecule has 0 saturated carbocycles. The van der Waals surface area contributed by atoms with Crippen molar-refractivity contribution in [2.75, 3.05) is 32.1 Å². The quantitative estimate of drug-likeness (QED) is 0.726. The van der Waals surface area contributed by atoms with Gasteiger partial charge in [0.1, 0.15) is 0 Å². The van der Waals surface area contributed by atoms with Crippen molar-refractivity contribution >= 4 is 11.6 Å². The molecule has 0 aliphatic heterocycles. The van der Waals surface area contributed by atoms with Gasteiger partial charge < -0.3 is 15.4 Å². The molecule has 1 aromatic rings. The van der Waals surface area contributed by atoms with Gasteiger partial charge in [-0.15, -0.1) is 0 Å². The number of hydrogen-bond acceptors (Lipinski definition) is 3. The normalized spacial score (nSPS) is 10.4. The van der Waals surface area contributed by atoms with Crippen LogP contribution >= 0.6 is 0 Å². The molecule has 0 atom stereocenters. The van der Waals surface area contributed by atoms with E-state index < -0.39 is 0 Å². The maximum atomic E-state index is 11.7. The van der Waals surface area contributed by atoms with E-state index in [1.54, 1.807) is 7.11 Å². The first-order chi connectivity index (χ1) is 8.65. The highest BCUT2D eigenvalue weighted by Crippen LogP contribution is 2.17. The number of methoxy groups -OCH3 is 1. The summed E-state index contributed by atoms with van der Waals surface area (Å²) in [4.78, 5) is 11.7. The molecule has 0 saturated heterocycles. The number of hydrogen-bond donors (Lipinski definition) is 2. The van der Waals surface area contributed by atoms with Crippen LogP contribution in [-0.4, -0.2) is 32.7 Å². The van der Waals surface area contributed by atoms with E-state index in [0.717, 1.165) is 17.8 Å². The summed E-state index contributed by atoms with van der Waals surface area (Å²) in [5.41, 5.74) is 3.21. The van der Waals surface area contributed by atoms with E-state index in [2.05, 4.69) is 10.6 Å². The molecule has 0 fully saturated rings. The Morgan fingerprint density at radius 1 is 1.28 bits per heavy atom. The first-order valence-corrected chi connectivity index (χ1v) is 6.21. The Hall–Kier alpha value is -1.39. The van der Waals surface area contributed by atoms with Gasteiger partial charge in [-0.2, -0.15) is 0 Å². The summed E-state index contributed by atoms with van der Waals surface area (Å²) >= 11 is 0. The largest absolute Gasteiger partial charge is 0.383 e. The van der Waals surface area contributed by atoms with Crippen LogP contribution in [-0.2, 0) is 9.53 Å². The van der Waals surface area contributed by atoms with Gasteiger partial charge in [0.25, 0.3) is 0 Å². The Morgan fingerprint density at radius 3 is 2.78 bits per heavy atom. The third kappa shape index (κ3) is 4.85. The standard InChI is InChI=1S/C14H22N2O2/c1-11-5-4-6-13(12(11)2)16-14(17)7-8-15-9-10-18-3/h4-6,15H,7-10H2,1-3H3,(H,16,17). The minimum Gasteiger partial charge on any atom is -0.383 e. The zero-order valence-electron chi connectivity index (χ0n) is 11.4. The smallest absolute Gasteiger partial charge is 0.225 e. The van der Waals surface area contributed by atoms with E-state index in [-0.39, 0.29) is 5.91 Å². The van der Waals surface area contributed by atoms with Crippen molar-refractivity contribution in [2.45, 2.75) is 20.3 Å². The number of ether oxygens (including phenoxy) is 1. The Labute approximate surface area is 109 Å². The number of nitrogens with one attached hydrogen (secondary N) is 2. The van der Waals surface area contributed by atoms with Gasteiger partial charge in [-0.05, 0) is 31.0 Å². The number of benzene rings is 1. The highest BCUT2D eigenvalue weighted by molar-refractivity contribution is 5.91. The minimum absolute atomic E-state index is 0.0358. The van der Waals surface area contributed by atoms with Crippen LogP contribution in [0.25, 0.3) is 0 Å². The molecule has 0 unspecified atom stereocenters. The van der Waals surface area contributed by atoms with E-state index in [4.69, 9.17) is 4.74 Å². The number of carbonyl (C=O) groups excluding carboxylic acids is 1. The van der Waals surface area contributed by atoms with Crippen molar-refractivity contribution in [1.82, 2.24) is 5.32 Å². The molecule has 0 spiro atoms. The lowest BCUT2D eigenvalue weighted by molar-refractivity contribution is -0.116. The molecule has 0 radical (unpaired) electrons. The molecule has 4 heteroatoms. The van der Waals surface area contributed by atoms with E-state index in [1.165, 1.54) is 5.56 Å². The van der Waals surface area contributed by atoms with Crippen LogP contribution in [0, 0.1) is 13.8 Å². The maximum absolute atomic E-state index is 11.7. The van der Waals surface area contributed by atoms with Crippen molar-refractivity contribution in [3.05, 3.63) is 29.3 Å². The average molecular weight is 250 g/mol. The van der Waals surface area contributed by atoms with Crippen LogP contribution in [0.15, 0.2) is 18.2 Å². The fourth-order valence-electron chi connectivity index (χ4n) is 1.60.